The standard InChI is InChI=1S/C12H17N3O2.ClH/c13-8-12(5-1-2-6-12)15-11(17)10-9(16)4-3-7-14-10;/h3-4,7,16H,1-2,5-6,8,13H2,(H,15,17);1H. The minimum atomic E-state index is -0.351. The second-order valence-corrected chi connectivity index (χ2v) is 4.52. The van der Waals surface area contributed by atoms with Crippen molar-refractivity contribution in [2.75, 3.05) is 6.54 Å². The maximum absolute atomic E-state index is 12.0. The van der Waals surface area contributed by atoms with E-state index in [1.807, 2.05) is 0 Å². The van der Waals surface area contributed by atoms with Crippen LogP contribution in [0, 0.1) is 0 Å². The molecule has 0 saturated heterocycles. The number of aromatic hydroxyl groups is 1. The van der Waals surface area contributed by atoms with Crippen molar-refractivity contribution in [3.05, 3.63) is 24.0 Å². The molecule has 4 N–H and O–H groups in total. The van der Waals surface area contributed by atoms with Crippen LogP contribution in [0.25, 0.3) is 0 Å². The minimum absolute atomic E-state index is 0. The van der Waals surface area contributed by atoms with Crippen LogP contribution < -0.4 is 11.1 Å². The van der Waals surface area contributed by atoms with Crippen LogP contribution in [-0.4, -0.2) is 28.1 Å². The lowest BCUT2D eigenvalue weighted by atomic mass is 9.97. The number of nitrogens with zero attached hydrogens (tertiary/aromatic N) is 1. The van der Waals surface area contributed by atoms with E-state index in [1.165, 1.54) is 12.3 Å². The summed E-state index contributed by atoms with van der Waals surface area (Å²) < 4.78 is 0. The smallest absolute Gasteiger partial charge is 0.274 e. The summed E-state index contributed by atoms with van der Waals surface area (Å²) in [7, 11) is 0. The Morgan fingerprint density at radius 1 is 1.50 bits per heavy atom. The van der Waals surface area contributed by atoms with Gasteiger partial charge >= 0.3 is 0 Å². The second kappa shape index (κ2) is 6.02. The largest absolute Gasteiger partial charge is 0.505 e. The zero-order chi connectivity index (χ0) is 12.3. The van der Waals surface area contributed by atoms with Crippen molar-refractivity contribution in [2.24, 2.45) is 5.73 Å². The number of halogens is 1. The van der Waals surface area contributed by atoms with Gasteiger partial charge in [-0.2, -0.15) is 0 Å². The van der Waals surface area contributed by atoms with E-state index in [4.69, 9.17) is 5.73 Å². The summed E-state index contributed by atoms with van der Waals surface area (Å²) in [6, 6.07) is 3.03. The molecule has 0 radical (unpaired) electrons. The molecule has 100 valence electrons. The molecule has 1 fully saturated rings. The predicted octanol–water partition coefficient (Wildman–Crippen LogP) is 1.21. The van der Waals surface area contributed by atoms with E-state index in [9.17, 15) is 9.90 Å². The van der Waals surface area contributed by atoms with Crippen molar-refractivity contribution >= 4 is 18.3 Å². The lowest BCUT2D eigenvalue weighted by Crippen LogP contribution is -2.51. The second-order valence-electron chi connectivity index (χ2n) is 4.52. The molecular formula is C12H18ClN3O2. The van der Waals surface area contributed by atoms with Crippen molar-refractivity contribution in [3.63, 3.8) is 0 Å². The molecule has 0 bridgehead atoms. The van der Waals surface area contributed by atoms with Crippen LogP contribution in [-0.2, 0) is 0 Å². The van der Waals surface area contributed by atoms with Crippen molar-refractivity contribution in [1.82, 2.24) is 10.3 Å². The van der Waals surface area contributed by atoms with E-state index >= 15 is 0 Å². The topological polar surface area (TPSA) is 88.2 Å². The Morgan fingerprint density at radius 3 is 2.72 bits per heavy atom. The summed E-state index contributed by atoms with van der Waals surface area (Å²) in [5.74, 6) is -0.453. The van der Waals surface area contributed by atoms with Crippen molar-refractivity contribution in [2.45, 2.75) is 31.2 Å². The highest BCUT2D eigenvalue weighted by molar-refractivity contribution is 5.95. The first-order chi connectivity index (χ1) is 8.17. The fraction of sp³-hybridized carbons (Fsp3) is 0.500. The lowest BCUT2D eigenvalue weighted by Gasteiger charge is -2.28. The van der Waals surface area contributed by atoms with Gasteiger partial charge in [0.1, 0.15) is 5.75 Å². The van der Waals surface area contributed by atoms with Crippen LogP contribution in [0.15, 0.2) is 18.3 Å². The fourth-order valence-corrected chi connectivity index (χ4v) is 2.30. The predicted molar refractivity (Wildman–Crippen MR) is 70.9 cm³/mol. The van der Waals surface area contributed by atoms with Gasteiger partial charge in [0.2, 0.25) is 0 Å². The SMILES string of the molecule is Cl.NCC1(NC(=O)c2ncccc2O)CCCC1. The number of rotatable bonds is 3. The number of nitrogens with two attached hydrogens (primary N) is 1. The summed E-state index contributed by atoms with van der Waals surface area (Å²) >= 11 is 0. The average molecular weight is 272 g/mol. The van der Waals surface area contributed by atoms with Gasteiger partial charge in [-0.05, 0) is 25.0 Å². The third-order valence-corrected chi connectivity index (χ3v) is 3.33. The van der Waals surface area contributed by atoms with Gasteiger partial charge in [0.15, 0.2) is 5.69 Å². The summed E-state index contributed by atoms with van der Waals surface area (Å²) in [5.41, 5.74) is 5.48. The normalized spacial score (nSPS) is 16.9. The summed E-state index contributed by atoms with van der Waals surface area (Å²) in [6.07, 6.45) is 5.42. The Hall–Kier alpha value is -1.33. The van der Waals surface area contributed by atoms with E-state index in [2.05, 4.69) is 10.3 Å². The average Bonchev–Trinajstić information content (AvgIpc) is 2.79. The fourth-order valence-electron chi connectivity index (χ4n) is 2.30. The molecule has 2 rings (SSSR count). The molecule has 5 nitrogen and oxygen atoms in total. The maximum atomic E-state index is 12.0. The molecule has 1 saturated carbocycles. The van der Waals surface area contributed by atoms with Gasteiger partial charge in [-0.1, -0.05) is 12.8 Å². The van der Waals surface area contributed by atoms with Gasteiger partial charge < -0.3 is 16.2 Å². The minimum Gasteiger partial charge on any atom is -0.505 e. The van der Waals surface area contributed by atoms with Crippen molar-refractivity contribution in [3.8, 4) is 5.75 Å². The first kappa shape index (κ1) is 14.7. The Balaban J connectivity index is 0.00000162. The maximum Gasteiger partial charge on any atom is 0.274 e. The highest BCUT2D eigenvalue weighted by atomic mass is 35.5. The molecule has 0 aliphatic heterocycles. The first-order valence-corrected chi connectivity index (χ1v) is 5.83. The number of carbonyl (C=O) groups excluding carboxylic acids is 1. The molecule has 1 aromatic rings. The molecule has 1 heterocycles. The molecule has 18 heavy (non-hydrogen) atoms. The quantitative estimate of drug-likeness (QED) is 0.771. The van der Waals surface area contributed by atoms with Crippen LogP contribution in [0.4, 0.5) is 0 Å². The Morgan fingerprint density at radius 2 is 2.17 bits per heavy atom. The van der Waals surface area contributed by atoms with Crippen molar-refractivity contribution < 1.29 is 9.90 Å². The zero-order valence-electron chi connectivity index (χ0n) is 10.1. The van der Waals surface area contributed by atoms with Gasteiger partial charge in [-0.15, -0.1) is 12.4 Å². The zero-order valence-corrected chi connectivity index (χ0v) is 10.9. The number of aromatic nitrogens is 1. The molecule has 0 atom stereocenters. The number of nitrogens with one attached hydrogen (secondary N) is 1. The molecule has 0 spiro atoms. The Labute approximate surface area is 112 Å². The van der Waals surface area contributed by atoms with Gasteiger partial charge in [0, 0.05) is 12.7 Å². The van der Waals surface area contributed by atoms with Crippen LogP contribution >= 0.6 is 12.4 Å². The van der Waals surface area contributed by atoms with E-state index in [0.717, 1.165) is 25.7 Å². The van der Waals surface area contributed by atoms with E-state index in [1.54, 1.807) is 6.07 Å². The van der Waals surface area contributed by atoms with Gasteiger partial charge in [0.25, 0.3) is 5.91 Å². The van der Waals surface area contributed by atoms with Crippen molar-refractivity contribution in [1.29, 1.82) is 0 Å². The number of carbonyl (C=O) groups is 1. The third kappa shape index (κ3) is 2.91. The van der Waals surface area contributed by atoms with Crippen LogP contribution in [0.1, 0.15) is 36.2 Å². The molecular weight excluding hydrogens is 254 g/mol. The number of hydrogen-bond donors (Lipinski definition) is 3. The highest BCUT2D eigenvalue weighted by Gasteiger charge is 2.34. The van der Waals surface area contributed by atoms with Gasteiger partial charge in [-0.25, -0.2) is 4.98 Å². The molecule has 0 unspecified atom stereocenters. The molecule has 1 aromatic heterocycles. The third-order valence-electron chi connectivity index (χ3n) is 3.33. The van der Waals surface area contributed by atoms with Crippen LogP contribution in [0.3, 0.4) is 0 Å². The lowest BCUT2D eigenvalue weighted by molar-refractivity contribution is 0.0895. The van der Waals surface area contributed by atoms with Crippen LogP contribution in [0.2, 0.25) is 0 Å². The van der Waals surface area contributed by atoms with Crippen LogP contribution in [0.5, 0.6) is 5.75 Å². The number of pyridine rings is 1. The Bertz CT molecular complexity index is 420. The first-order valence-electron chi connectivity index (χ1n) is 5.83. The van der Waals surface area contributed by atoms with E-state index < -0.39 is 0 Å². The molecule has 6 heteroatoms. The summed E-state index contributed by atoms with van der Waals surface area (Å²) in [6.45, 7) is 0.423. The van der Waals surface area contributed by atoms with Gasteiger partial charge in [-0.3, -0.25) is 4.79 Å². The van der Waals surface area contributed by atoms with E-state index in [-0.39, 0.29) is 35.3 Å². The Kier molecular flexibility index (Phi) is 4.93. The molecule has 1 aliphatic carbocycles. The van der Waals surface area contributed by atoms with Gasteiger partial charge in [0.05, 0.1) is 5.54 Å². The summed E-state index contributed by atoms with van der Waals surface area (Å²) in [4.78, 5) is 15.9. The monoisotopic (exact) mass is 271 g/mol. The van der Waals surface area contributed by atoms with E-state index in [0.29, 0.717) is 6.54 Å². The molecule has 1 amide bonds. The number of hydrogen-bond acceptors (Lipinski definition) is 4. The number of amides is 1. The molecule has 0 aromatic carbocycles. The highest BCUT2D eigenvalue weighted by Crippen LogP contribution is 2.29. The summed E-state index contributed by atoms with van der Waals surface area (Å²) in [5, 5.41) is 12.5. The molecule has 1 aliphatic rings.